The number of fused-ring (bicyclic) bond motifs is 1. The first-order valence-electron chi connectivity index (χ1n) is 6.38. The molecule has 2 aliphatic rings. The number of carboxylic acids is 1. The number of benzene rings is 1. The van der Waals surface area contributed by atoms with E-state index in [1.54, 1.807) is 0 Å². The van der Waals surface area contributed by atoms with E-state index < -0.39 is 11.8 Å². The molecule has 1 aromatic rings. The van der Waals surface area contributed by atoms with Crippen LogP contribution in [0.2, 0.25) is 0 Å². The average molecular weight is 248 g/mol. The first-order valence-corrected chi connectivity index (χ1v) is 6.38. The molecule has 1 heterocycles. The molecule has 1 unspecified atom stereocenters. The van der Waals surface area contributed by atoms with Gasteiger partial charge in [0.2, 0.25) is 0 Å². The van der Waals surface area contributed by atoms with Crippen molar-refractivity contribution >= 4 is 5.97 Å². The molecule has 1 aromatic carbocycles. The molecule has 1 saturated carbocycles. The van der Waals surface area contributed by atoms with Crippen LogP contribution in [0.25, 0.3) is 0 Å². The van der Waals surface area contributed by atoms with Gasteiger partial charge in [-0.3, -0.25) is 4.79 Å². The van der Waals surface area contributed by atoms with Crippen LogP contribution < -0.4 is 9.47 Å². The molecular weight excluding hydrogens is 232 g/mol. The van der Waals surface area contributed by atoms with Crippen molar-refractivity contribution in [3.05, 3.63) is 24.3 Å². The van der Waals surface area contributed by atoms with Crippen LogP contribution in [-0.4, -0.2) is 16.9 Å². The van der Waals surface area contributed by atoms with E-state index in [1.165, 1.54) is 0 Å². The zero-order valence-corrected chi connectivity index (χ0v) is 10.1. The van der Waals surface area contributed by atoms with E-state index in [0.717, 1.165) is 37.2 Å². The molecule has 96 valence electrons. The third-order valence-electron chi connectivity index (χ3n) is 3.79. The van der Waals surface area contributed by atoms with Gasteiger partial charge in [-0.2, -0.15) is 0 Å². The predicted molar refractivity (Wildman–Crippen MR) is 64.6 cm³/mol. The topological polar surface area (TPSA) is 55.8 Å². The fourth-order valence-corrected chi connectivity index (χ4v) is 2.94. The van der Waals surface area contributed by atoms with E-state index in [1.807, 2.05) is 24.3 Å². The standard InChI is InChI=1S/C14H16O4/c15-13(16)9-10-5-3-4-8-14(10)17-11-6-1-2-7-12(11)18-14/h1-2,6-7,10H,3-5,8-9H2,(H,15,16). The van der Waals surface area contributed by atoms with E-state index in [4.69, 9.17) is 14.6 Å². The molecule has 4 nitrogen and oxygen atoms in total. The van der Waals surface area contributed by atoms with Gasteiger partial charge >= 0.3 is 5.97 Å². The van der Waals surface area contributed by atoms with E-state index >= 15 is 0 Å². The van der Waals surface area contributed by atoms with Gasteiger partial charge in [-0.25, -0.2) is 0 Å². The van der Waals surface area contributed by atoms with Crippen molar-refractivity contribution in [3.63, 3.8) is 0 Å². The molecule has 4 heteroatoms. The third kappa shape index (κ3) is 1.82. The smallest absolute Gasteiger partial charge is 0.303 e. The second-order valence-electron chi connectivity index (χ2n) is 5.00. The minimum absolute atomic E-state index is 0.0730. The van der Waals surface area contributed by atoms with Gasteiger partial charge < -0.3 is 14.6 Å². The minimum Gasteiger partial charge on any atom is -0.481 e. The second-order valence-corrected chi connectivity index (χ2v) is 5.00. The van der Waals surface area contributed by atoms with Crippen molar-refractivity contribution in [1.29, 1.82) is 0 Å². The summed E-state index contributed by atoms with van der Waals surface area (Å²) in [6.07, 6.45) is 3.78. The molecular formula is C14H16O4. The molecule has 1 spiro atoms. The summed E-state index contributed by atoms with van der Waals surface area (Å²) in [4.78, 5) is 11.0. The van der Waals surface area contributed by atoms with Gasteiger partial charge in [0.05, 0.1) is 6.42 Å². The lowest BCUT2D eigenvalue weighted by Crippen LogP contribution is -2.49. The monoisotopic (exact) mass is 248 g/mol. The van der Waals surface area contributed by atoms with Crippen molar-refractivity contribution in [2.75, 3.05) is 0 Å². The Morgan fingerprint density at radius 2 is 1.94 bits per heavy atom. The highest BCUT2D eigenvalue weighted by Gasteiger charge is 2.50. The van der Waals surface area contributed by atoms with Gasteiger partial charge in [-0.15, -0.1) is 0 Å². The molecule has 3 rings (SSSR count). The Labute approximate surface area is 106 Å². The minimum atomic E-state index is -0.788. The summed E-state index contributed by atoms with van der Waals surface area (Å²) in [5.74, 6) is -0.148. The Morgan fingerprint density at radius 3 is 2.56 bits per heavy atom. The molecule has 1 aliphatic carbocycles. The van der Waals surface area contributed by atoms with Crippen LogP contribution in [0.1, 0.15) is 32.1 Å². The molecule has 0 saturated heterocycles. The molecule has 0 radical (unpaired) electrons. The zero-order chi connectivity index (χ0) is 12.6. The fourth-order valence-electron chi connectivity index (χ4n) is 2.94. The highest BCUT2D eigenvalue weighted by molar-refractivity contribution is 5.67. The Kier molecular flexibility index (Phi) is 2.65. The van der Waals surface area contributed by atoms with Crippen LogP contribution >= 0.6 is 0 Å². The van der Waals surface area contributed by atoms with Crippen molar-refractivity contribution in [3.8, 4) is 11.5 Å². The molecule has 1 aliphatic heterocycles. The van der Waals surface area contributed by atoms with Crippen molar-refractivity contribution < 1.29 is 19.4 Å². The van der Waals surface area contributed by atoms with Gasteiger partial charge in [-0.1, -0.05) is 18.6 Å². The van der Waals surface area contributed by atoms with Gasteiger partial charge in [0.25, 0.3) is 5.79 Å². The number of aliphatic carboxylic acids is 1. The van der Waals surface area contributed by atoms with Gasteiger partial charge in [0, 0.05) is 12.3 Å². The van der Waals surface area contributed by atoms with E-state index in [2.05, 4.69) is 0 Å². The summed E-state index contributed by atoms with van der Waals surface area (Å²) < 4.78 is 11.9. The fraction of sp³-hybridized carbons (Fsp3) is 0.500. The maximum atomic E-state index is 11.0. The highest BCUT2D eigenvalue weighted by atomic mass is 16.7. The molecule has 18 heavy (non-hydrogen) atoms. The lowest BCUT2D eigenvalue weighted by molar-refractivity contribution is -0.163. The maximum absolute atomic E-state index is 11.0. The Hall–Kier alpha value is -1.71. The van der Waals surface area contributed by atoms with E-state index in [9.17, 15) is 4.79 Å². The number of para-hydroxylation sites is 2. The molecule has 0 aromatic heterocycles. The number of ether oxygens (including phenoxy) is 2. The van der Waals surface area contributed by atoms with Crippen LogP contribution in [0.15, 0.2) is 24.3 Å². The predicted octanol–water partition coefficient (Wildman–Crippen LogP) is 2.82. The van der Waals surface area contributed by atoms with Crippen molar-refractivity contribution in [2.45, 2.75) is 37.9 Å². The number of hydrogen-bond acceptors (Lipinski definition) is 3. The largest absolute Gasteiger partial charge is 0.481 e. The third-order valence-corrected chi connectivity index (χ3v) is 3.79. The molecule has 1 N–H and O–H groups in total. The van der Waals surface area contributed by atoms with Crippen LogP contribution in [0.3, 0.4) is 0 Å². The summed E-state index contributed by atoms with van der Waals surface area (Å²) in [5.41, 5.74) is 0. The first kappa shape index (κ1) is 11.4. The number of carbonyl (C=O) groups is 1. The number of rotatable bonds is 2. The second kappa shape index (κ2) is 4.19. The number of hydrogen-bond donors (Lipinski definition) is 1. The van der Waals surface area contributed by atoms with Crippen LogP contribution in [0.4, 0.5) is 0 Å². The zero-order valence-electron chi connectivity index (χ0n) is 10.1. The molecule has 0 amide bonds. The van der Waals surface area contributed by atoms with Crippen molar-refractivity contribution in [1.82, 2.24) is 0 Å². The Morgan fingerprint density at radius 1 is 1.28 bits per heavy atom. The van der Waals surface area contributed by atoms with Crippen LogP contribution in [-0.2, 0) is 4.79 Å². The Bertz CT molecular complexity index is 444. The quantitative estimate of drug-likeness (QED) is 0.874. The van der Waals surface area contributed by atoms with Crippen molar-refractivity contribution in [2.24, 2.45) is 5.92 Å². The van der Waals surface area contributed by atoms with Crippen LogP contribution in [0.5, 0.6) is 11.5 Å². The van der Waals surface area contributed by atoms with Gasteiger partial charge in [-0.05, 0) is 25.0 Å². The maximum Gasteiger partial charge on any atom is 0.303 e. The number of carboxylic acid groups (broad SMARTS) is 1. The normalized spacial score (nSPS) is 24.1. The first-order chi connectivity index (χ1) is 8.70. The lowest BCUT2D eigenvalue weighted by Gasteiger charge is -2.38. The summed E-state index contributed by atoms with van der Waals surface area (Å²) in [6.45, 7) is 0. The van der Waals surface area contributed by atoms with E-state index in [0.29, 0.717) is 0 Å². The SMILES string of the molecule is O=C(O)CC1CCCCC12Oc1ccccc1O2. The van der Waals surface area contributed by atoms with Gasteiger partial charge in [0.15, 0.2) is 11.5 Å². The molecule has 1 fully saturated rings. The van der Waals surface area contributed by atoms with Gasteiger partial charge in [0.1, 0.15) is 0 Å². The lowest BCUT2D eigenvalue weighted by atomic mass is 9.81. The Balaban J connectivity index is 1.87. The van der Waals surface area contributed by atoms with Crippen LogP contribution in [0, 0.1) is 5.92 Å². The summed E-state index contributed by atoms with van der Waals surface area (Å²) in [6, 6.07) is 7.54. The molecule has 1 atom stereocenters. The molecule has 0 bridgehead atoms. The van der Waals surface area contributed by atoms with E-state index in [-0.39, 0.29) is 12.3 Å². The summed E-state index contributed by atoms with van der Waals surface area (Å²) >= 11 is 0. The highest BCUT2D eigenvalue weighted by Crippen LogP contribution is 2.48. The summed E-state index contributed by atoms with van der Waals surface area (Å²) in [5, 5.41) is 9.02. The summed E-state index contributed by atoms with van der Waals surface area (Å²) in [7, 11) is 0. The average Bonchev–Trinajstić information content (AvgIpc) is 2.70.